The van der Waals surface area contributed by atoms with Crippen LogP contribution < -0.4 is 5.32 Å². The third-order valence-corrected chi connectivity index (χ3v) is 3.28. The fourth-order valence-corrected chi connectivity index (χ4v) is 2.23. The smallest absolute Gasteiger partial charge is 0.0420 e. The lowest BCUT2D eigenvalue weighted by Crippen LogP contribution is -2.01. The normalized spacial score (nSPS) is 10.7. The topological polar surface area (TPSA) is 24.9 Å². The van der Waals surface area contributed by atoms with Crippen LogP contribution in [0.3, 0.4) is 0 Å². The number of anilines is 1. The molecule has 0 radical (unpaired) electrons. The molecule has 2 aromatic rings. The molecule has 1 heterocycles. The van der Waals surface area contributed by atoms with Crippen molar-refractivity contribution in [3.8, 4) is 0 Å². The highest BCUT2D eigenvalue weighted by Crippen LogP contribution is 2.22. The summed E-state index contributed by atoms with van der Waals surface area (Å²) in [5.41, 5.74) is 1.23. The minimum Gasteiger partial charge on any atom is -0.385 e. The van der Waals surface area contributed by atoms with E-state index in [4.69, 9.17) is 0 Å². The maximum atomic E-state index is 4.16. The average Bonchev–Trinajstić information content (AvgIpc) is 2.43. The Morgan fingerprint density at radius 2 is 1.94 bits per heavy atom. The Kier molecular flexibility index (Phi) is 5.00. The van der Waals surface area contributed by atoms with Crippen molar-refractivity contribution in [2.75, 3.05) is 11.9 Å². The van der Waals surface area contributed by atoms with Gasteiger partial charge in [0.15, 0.2) is 0 Å². The fraction of sp³-hybridized carbons (Fsp3) is 0.438. The summed E-state index contributed by atoms with van der Waals surface area (Å²) in [5.74, 6) is 0. The van der Waals surface area contributed by atoms with Gasteiger partial charge in [-0.2, -0.15) is 0 Å². The summed E-state index contributed by atoms with van der Waals surface area (Å²) >= 11 is 0. The minimum atomic E-state index is 1.06. The molecule has 2 rings (SSSR count). The van der Waals surface area contributed by atoms with Crippen LogP contribution in [0.5, 0.6) is 0 Å². The molecule has 0 aliphatic heterocycles. The van der Waals surface area contributed by atoms with Gasteiger partial charge < -0.3 is 5.32 Å². The number of hydrogen-bond acceptors (Lipinski definition) is 2. The predicted octanol–water partition coefficient (Wildman–Crippen LogP) is 4.62. The molecule has 2 heteroatoms. The summed E-state index contributed by atoms with van der Waals surface area (Å²) in [4.78, 5) is 4.16. The van der Waals surface area contributed by atoms with Crippen molar-refractivity contribution in [3.63, 3.8) is 0 Å². The number of nitrogens with zero attached hydrogens (tertiary/aromatic N) is 1. The van der Waals surface area contributed by atoms with Gasteiger partial charge >= 0.3 is 0 Å². The van der Waals surface area contributed by atoms with Gasteiger partial charge in [-0.3, -0.25) is 4.98 Å². The Morgan fingerprint density at radius 3 is 2.83 bits per heavy atom. The van der Waals surface area contributed by atoms with Crippen molar-refractivity contribution in [1.82, 2.24) is 4.98 Å². The second-order valence-electron chi connectivity index (χ2n) is 4.74. The van der Waals surface area contributed by atoms with E-state index in [2.05, 4.69) is 41.5 Å². The molecule has 0 saturated heterocycles. The van der Waals surface area contributed by atoms with Gasteiger partial charge in [-0.05, 0) is 18.6 Å². The third kappa shape index (κ3) is 3.46. The summed E-state index contributed by atoms with van der Waals surface area (Å²) in [6.45, 7) is 3.31. The summed E-state index contributed by atoms with van der Waals surface area (Å²) in [6.07, 6.45) is 10.4. The SMILES string of the molecule is CCCCCCCNc1cccc2cnccc12. The van der Waals surface area contributed by atoms with Crippen LogP contribution in [0.4, 0.5) is 5.69 Å². The summed E-state index contributed by atoms with van der Waals surface area (Å²) in [7, 11) is 0. The van der Waals surface area contributed by atoms with E-state index in [0.29, 0.717) is 0 Å². The molecule has 0 bridgehead atoms. The van der Waals surface area contributed by atoms with Gasteiger partial charge in [-0.15, -0.1) is 0 Å². The molecule has 1 aromatic carbocycles. The molecule has 0 saturated carbocycles. The highest BCUT2D eigenvalue weighted by atomic mass is 14.9. The number of benzene rings is 1. The van der Waals surface area contributed by atoms with Crippen LogP contribution in [0.15, 0.2) is 36.7 Å². The van der Waals surface area contributed by atoms with E-state index in [9.17, 15) is 0 Å². The van der Waals surface area contributed by atoms with Crippen LogP contribution in [0.25, 0.3) is 10.8 Å². The first-order chi connectivity index (χ1) is 8.92. The van der Waals surface area contributed by atoms with Crippen LogP contribution in [-0.4, -0.2) is 11.5 Å². The van der Waals surface area contributed by atoms with E-state index >= 15 is 0 Å². The first-order valence-corrected chi connectivity index (χ1v) is 6.98. The Balaban J connectivity index is 1.88. The van der Waals surface area contributed by atoms with E-state index in [1.807, 2.05) is 12.4 Å². The molecule has 0 atom stereocenters. The standard InChI is InChI=1S/C16H22N2/c1-2-3-4-5-6-11-18-16-9-7-8-14-13-17-12-10-15(14)16/h7-10,12-13,18H,2-6,11H2,1H3. The molecule has 0 fully saturated rings. The Labute approximate surface area is 109 Å². The molecule has 0 amide bonds. The van der Waals surface area contributed by atoms with E-state index in [0.717, 1.165) is 6.54 Å². The highest BCUT2D eigenvalue weighted by molar-refractivity contribution is 5.93. The number of hydrogen-bond donors (Lipinski definition) is 1. The van der Waals surface area contributed by atoms with Crippen LogP contribution in [-0.2, 0) is 0 Å². The van der Waals surface area contributed by atoms with Crippen molar-refractivity contribution in [2.24, 2.45) is 0 Å². The van der Waals surface area contributed by atoms with Gasteiger partial charge in [0.25, 0.3) is 0 Å². The van der Waals surface area contributed by atoms with Crippen molar-refractivity contribution in [2.45, 2.75) is 39.0 Å². The molecular weight excluding hydrogens is 220 g/mol. The largest absolute Gasteiger partial charge is 0.385 e. The molecule has 0 spiro atoms. The number of unbranched alkanes of at least 4 members (excludes halogenated alkanes) is 4. The van der Waals surface area contributed by atoms with Gasteiger partial charge in [0.1, 0.15) is 0 Å². The first kappa shape index (κ1) is 12.9. The summed E-state index contributed by atoms with van der Waals surface area (Å²) in [5, 5.41) is 6.00. The van der Waals surface area contributed by atoms with Crippen molar-refractivity contribution in [3.05, 3.63) is 36.7 Å². The lowest BCUT2D eigenvalue weighted by atomic mass is 10.1. The molecule has 0 aliphatic carbocycles. The number of nitrogens with one attached hydrogen (secondary N) is 1. The van der Waals surface area contributed by atoms with Gasteiger partial charge in [0.2, 0.25) is 0 Å². The van der Waals surface area contributed by atoms with Crippen LogP contribution in [0.1, 0.15) is 39.0 Å². The number of pyridine rings is 1. The Hall–Kier alpha value is -1.57. The summed E-state index contributed by atoms with van der Waals surface area (Å²) < 4.78 is 0. The van der Waals surface area contributed by atoms with Crippen molar-refractivity contribution >= 4 is 16.5 Å². The number of fused-ring (bicyclic) bond motifs is 1. The van der Waals surface area contributed by atoms with Gasteiger partial charge in [0, 0.05) is 35.4 Å². The van der Waals surface area contributed by atoms with E-state index in [1.165, 1.54) is 48.6 Å². The fourth-order valence-electron chi connectivity index (χ4n) is 2.23. The Bertz CT molecular complexity index is 474. The van der Waals surface area contributed by atoms with E-state index < -0.39 is 0 Å². The number of aromatic nitrogens is 1. The monoisotopic (exact) mass is 242 g/mol. The van der Waals surface area contributed by atoms with E-state index in [1.54, 1.807) is 0 Å². The molecule has 0 aliphatic rings. The zero-order valence-electron chi connectivity index (χ0n) is 11.2. The van der Waals surface area contributed by atoms with E-state index in [-0.39, 0.29) is 0 Å². The minimum absolute atomic E-state index is 1.06. The first-order valence-electron chi connectivity index (χ1n) is 6.98. The third-order valence-electron chi connectivity index (χ3n) is 3.28. The van der Waals surface area contributed by atoms with Crippen LogP contribution in [0, 0.1) is 0 Å². The Morgan fingerprint density at radius 1 is 1.06 bits per heavy atom. The second-order valence-corrected chi connectivity index (χ2v) is 4.74. The highest BCUT2D eigenvalue weighted by Gasteiger charge is 1.99. The van der Waals surface area contributed by atoms with Gasteiger partial charge in [0.05, 0.1) is 0 Å². The molecular formula is C16H22N2. The van der Waals surface area contributed by atoms with Crippen LogP contribution in [0.2, 0.25) is 0 Å². The van der Waals surface area contributed by atoms with Gasteiger partial charge in [-0.1, -0.05) is 44.7 Å². The second kappa shape index (κ2) is 7.00. The van der Waals surface area contributed by atoms with Crippen molar-refractivity contribution in [1.29, 1.82) is 0 Å². The predicted molar refractivity (Wildman–Crippen MR) is 79.0 cm³/mol. The maximum absolute atomic E-state index is 4.16. The lowest BCUT2D eigenvalue weighted by molar-refractivity contribution is 0.645. The quantitative estimate of drug-likeness (QED) is 0.717. The molecule has 18 heavy (non-hydrogen) atoms. The van der Waals surface area contributed by atoms with Crippen molar-refractivity contribution < 1.29 is 0 Å². The molecule has 96 valence electrons. The lowest BCUT2D eigenvalue weighted by Gasteiger charge is -2.09. The maximum Gasteiger partial charge on any atom is 0.0420 e. The summed E-state index contributed by atoms with van der Waals surface area (Å²) in [6, 6.07) is 8.42. The average molecular weight is 242 g/mol. The molecule has 1 aromatic heterocycles. The molecule has 2 nitrogen and oxygen atoms in total. The molecule has 1 N–H and O–H groups in total. The van der Waals surface area contributed by atoms with Gasteiger partial charge in [-0.25, -0.2) is 0 Å². The number of rotatable bonds is 7. The molecule has 0 unspecified atom stereocenters. The van der Waals surface area contributed by atoms with Crippen LogP contribution >= 0.6 is 0 Å². The zero-order valence-corrected chi connectivity index (χ0v) is 11.2. The zero-order chi connectivity index (χ0) is 12.6.